The Morgan fingerprint density at radius 1 is 1.20 bits per heavy atom. The number of nitrogens with one attached hydrogen (secondary N) is 1. The number of carbonyl (C=O) groups is 1. The first-order valence-corrected chi connectivity index (χ1v) is 9.95. The van der Waals surface area contributed by atoms with Crippen molar-refractivity contribution in [2.75, 3.05) is 26.2 Å². The molecule has 1 N–H and O–H groups in total. The van der Waals surface area contributed by atoms with Crippen LogP contribution in [0.1, 0.15) is 47.5 Å². The Labute approximate surface area is 153 Å². The van der Waals surface area contributed by atoms with Crippen LogP contribution < -0.4 is 10.1 Å². The third-order valence-corrected chi connectivity index (χ3v) is 5.56. The summed E-state index contributed by atoms with van der Waals surface area (Å²) in [4.78, 5) is 16.5. The van der Waals surface area contributed by atoms with Gasteiger partial charge in [0.25, 0.3) is 5.91 Å². The lowest BCUT2D eigenvalue weighted by molar-refractivity contribution is 0.0922. The Balaban J connectivity index is 1.69. The van der Waals surface area contributed by atoms with Gasteiger partial charge in [0.2, 0.25) is 0 Å². The van der Waals surface area contributed by atoms with Gasteiger partial charge in [0.1, 0.15) is 5.75 Å². The van der Waals surface area contributed by atoms with E-state index in [4.69, 9.17) is 4.74 Å². The summed E-state index contributed by atoms with van der Waals surface area (Å²) >= 11 is 1.77. The summed E-state index contributed by atoms with van der Waals surface area (Å²) in [5.41, 5.74) is 0.605. The zero-order valence-electron chi connectivity index (χ0n) is 14.7. The molecule has 1 saturated heterocycles. The lowest BCUT2D eigenvalue weighted by atomic mass is 10.1. The SMILES string of the molecule is CCOc1ccccc1C(=O)NC[C@H](c1cccs1)N1CCCCC1. The second kappa shape index (κ2) is 9.02. The van der Waals surface area contributed by atoms with E-state index >= 15 is 0 Å². The largest absolute Gasteiger partial charge is 0.493 e. The Kier molecular flexibility index (Phi) is 6.48. The van der Waals surface area contributed by atoms with Crippen molar-refractivity contribution in [2.45, 2.75) is 32.2 Å². The predicted molar refractivity (Wildman–Crippen MR) is 102 cm³/mol. The molecular weight excluding hydrogens is 332 g/mol. The van der Waals surface area contributed by atoms with Gasteiger partial charge in [-0.3, -0.25) is 9.69 Å². The molecule has 1 amide bonds. The van der Waals surface area contributed by atoms with E-state index in [1.54, 1.807) is 11.3 Å². The quantitative estimate of drug-likeness (QED) is 0.810. The van der Waals surface area contributed by atoms with Crippen molar-refractivity contribution in [3.05, 3.63) is 52.2 Å². The molecule has 1 aliphatic heterocycles. The molecule has 1 atom stereocenters. The van der Waals surface area contributed by atoms with Crippen molar-refractivity contribution in [1.82, 2.24) is 10.2 Å². The topological polar surface area (TPSA) is 41.6 Å². The standard InChI is InChI=1S/C20H26N2O2S/c1-2-24-18-10-5-4-9-16(18)20(23)21-15-17(19-11-8-14-25-19)22-12-6-3-7-13-22/h4-5,8-11,14,17H,2-3,6-7,12-13,15H2,1H3,(H,21,23)/t17-/m1/s1. The van der Waals surface area contributed by atoms with Crippen LogP contribution in [0.3, 0.4) is 0 Å². The van der Waals surface area contributed by atoms with Crippen molar-refractivity contribution in [3.63, 3.8) is 0 Å². The normalized spacial score (nSPS) is 16.4. The number of ether oxygens (including phenoxy) is 1. The van der Waals surface area contributed by atoms with Gasteiger partial charge in [-0.1, -0.05) is 24.6 Å². The molecule has 2 heterocycles. The number of amides is 1. The van der Waals surface area contributed by atoms with Gasteiger partial charge in [-0.05, 0) is 56.4 Å². The highest BCUT2D eigenvalue weighted by Crippen LogP contribution is 2.27. The van der Waals surface area contributed by atoms with Crippen molar-refractivity contribution < 1.29 is 9.53 Å². The lowest BCUT2D eigenvalue weighted by Crippen LogP contribution is -2.40. The summed E-state index contributed by atoms with van der Waals surface area (Å²) < 4.78 is 5.58. The number of piperidine rings is 1. The minimum absolute atomic E-state index is 0.0670. The number of rotatable bonds is 7. The number of benzene rings is 1. The van der Waals surface area contributed by atoms with Crippen LogP contribution in [0.25, 0.3) is 0 Å². The van der Waals surface area contributed by atoms with Crippen LogP contribution in [0, 0.1) is 0 Å². The first-order chi connectivity index (χ1) is 12.3. The van der Waals surface area contributed by atoms with Crippen LogP contribution in [0.15, 0.2) is 41.8 Å². The highest BCUT2D eigenvalue weighted by molar-refractivity contribution is 7.10. The maximum atomic E-state index is 12.7. The molecule has 134 valence electrons. The van der Waals surface area contributed by atoms with E-state index in [-0.39, 0.29) is 11.9 Å². The molecule has 0 unspecified atom stereocenters. The Bertz CT molecular complexity index is 666. The molecule has 1 aromatic heterocycles. The fourth-order valence-electron chi connectivity index (χ4n) is 3.34. The summed E-state index contributed by atoms with van der Waals surface area (Å²) in [6.45, 7) is 5.31. The van der Waals surface area contributed by atoms with Crippen molar-refractivity contribution in [3.8, 4) is 5.75 Å². The maximum absolute atomic E-state index is 12.7. The second-order valence-corrected chi connectivity index (χ2v) is 7.25. The van der Waals surface area contributed by atoms with Crippen molar-refractivity contribution in [1.29, 1.82) is 0 Å². The first-order valence-electron chi connectivity index (χ1n) is 9.07. The van der Waals surface area contributed by atoms with E-state index < -0.39 is 0 Å². The number of para-hydroxylation sites is 1. The van der Waals surface area contributed by atoms with Gasteiger partial charge in [-0.15, -0.1) is 11.3 Å². The number of hydrogen-bond donors (Lipinski definition) is 1. The summed E-state index contributed by atoms with van der Waals surface area (Å²) in [5.74, 6) is 0.579. The molecule has 1 aromatic carbocycles. The fraction of sp³-hybridized carbons (Fsp3) is 0.450. The highest BCUT2D eigenvalue weighted by Gasteiger charge is 2.24. The summed E-state index contributed by atoms with van der Waals surface area (Å²) in [6, 6.07) is 11.9. The Morgan fingerprint density at radius 2 is 2.00 bits per heavy atom. The Morgan fingerprint density at radius 3 is 2.72 bits per heavy atom. The lowest BCUT2D eigenvalue weighted by Gasteiger charge is -2.34. The second-order valence-electron chi connectivity index (χ2n) is 6.27. The molecular formula is C20H26N2O2S. The number of thiophene rings is 1. The van der Waals surface area contributed by atoms with Crippen molar-refractivity contribution >= 4 is 17.2 Å². The van der Waals surface area contributed by atoms with Gasteiger partial charge >= 0.3 is 0 Å². The monoisotopic (exact) mass is 358 g/mol. The van der Waals surface area contributed by atoms with Crippen LogP contribution in [0.2, 0.25) is 0 Å². The summed E-state index contributed by atoms with van der Waals surface area (Å²) in [7, 11) is 0. The van der Waals surface area contributed by atoms with Gasteiger partial charge < -0.3 is 10.1 Å². The minimum Gasteiger partial charge on any atom is -0.493 e. The van der Waals surface area contributed by atoms with Crippen LogP contribution in [-0.4, -0.2) is 37.0 Å². The van der Waals surface area contributed by atoms with Crippen LogP contribution in [0.4, 0.5) is 0 Å². The number of carbonyl (C=O) groups excluding carboxylic acids is 1. The van der Waals surface area contributed by atoms with Gasteiger partial charge in [0, 0.05) is 11.4 Å². The average Bonchev–Trinajstić information content (AvgIpc) is 3.18. The summed E-state index contributed by atoms with van der Waals surface area (Å²) in [6.07, 6.45) is 3.79. The van der Waals surface area contributed by atoms with Crippen LogP contribution >= 0.6 is 11.3 Å². The zero-order valence-corrected chi connectivity index (χ0v) is 15.6. The van der Waals surface area contributed by atoms with E-state index in [9.17, 15) is 4.79 Å². The van der Waals surface area contributed by atoms with E-state index in [0.717, 1.165) is 13.1 Å². The molecule has 0 radical (unpaired) electrons. The molecule has 2 aromatic rings. The van der Waals surface area contributed by atoms with Gasteiger partial charge in [-0.2, -0.15) is 0 Å². The molecule has 1 fully saturated rings. The molecule has 1 aliphatic rings. The van der Waals surface area contributed by atoms with E-state index in [1.807, 2.05) is 31.2 Å². The number of hydrogen-bond acceptors (Lipinski definition) is 4. The van der Waals surface area contributed by atoms with E-state index in [1.165, 1.54) is 24.1 Å². The van der Waals surface area contributed by atoms with Gasteiger partial charge in [0.15, 0.2) is 0 Å². The molecule has 0 saturated carbocycles. The van der Waals surface area contributed by atoms with E-state index in [0.29, 0.717) is 24.5 Å². The van der Waals surface area contributed by atoms with Crippen molar-refractivity contribution in [2.24, 2.45) is 0 Å². The zero-order chi connectivity index (χ0) is 17.5. The molecule has 25 heavy (non-hydrogen) atoms. The van der Waals surface area contributed by atoms with Crippen LogP contribution in [-0.2, 0) is 0 Å². The molecule has 3 rings (SSSR count). The molecule has 4 nitrogen and oxygen atoms in total. The fourth-order valence-corrected chi connectivity index (χ4v) is 4.20. The minimum atomic E-state index is -0.0670. The average molecular weight is 359 g/mol. The molecule has 0 aliphatic carbocycles. The van der Waals surface area contributed by atoms with Gasteiger partial charge in [-0.25, -0.2) is 0 Å². The van der Waals surface area contributed by atoms with Gasteiger partial charge in [0.05, 0.1) is 18.2 Å². The number of nitrogens with zero attached hydrogens (tertiary/aromatic N) is 1. The molecule has 0 bridgehead atoms. The first kappa shape index (κ1) is 18.0. The maximum Gasteiger partial charge on any atom is 0.255 e. The molecule has 5 heteroatoms. The van der Waals surface area contributed by atoms with E-state index in [2.05, 4.69) is 27.7 Å². The van der Waals surface area contributed by atoms with Crippen LogP contribution in [0.5, 0.6) is 5.75 Å². The highest BCUT2D eigenvalue weighted by atomic mass is 32.1. The molecule has 0 spiro atoms. The summed E-state index contributed by atoms with van der Waals surface area (Å²) in [5, 5.41) is 5.24. The third-order valence-electron chi connectivity index (χ3n) is 4.59. The number of likely N-dealkylation sites (tertiary alicyclic amines) is 1. The smallest absolute Gasteiger partial charge is 0.255 e. The third kappa shape index (κ3) is 4.61. The Hall–Kier alpha value is -1.85. The predicted octanol–water partition coefficient (Wildman–Crippen LogP) is 4.10.